The summed E-state index contributed by atoms with van der Waals surface area (Å²) >= 11 is 1.59. The maximum atomic E-state index is 12.2. The molecule has 7 nitrogen and oxygen atoms in total. The van der Waals surface area contributed by atoms with Crippen LogP contribution in [0, 0.1) is 0 Å². The second kappa shape index (κ2) is 6.72. The molecular weight excluding hydrogens is 336 g/mol. The lowest BCUT2D eigenvalue weighted by Gasteiger charge is -2.06. The minimum Gasteiger partial charge on any atom is -0.326 e. The van der Waals surface area contributed by atoms with Gasteiger partial charge in [0.2, 0.25) is 5.91 Å². The Morgan fingerprint density at radius 3 is 2.80 bits per heavy atom. The molecular formula is C17H18N6OS. The fraction of sp³-hybridized carbons (Fsp3) is 0.353. The lowest BCUT2D eigenvalue weighted by atomic mass is 10.2. The van der Waals surface area contributed by atoms with Crippen LogP contribution in [0.5, 0.6) is 0 Å². The Hall–Kier alpha value is -2.61. The molecule has 1 aliphatic carbocycles. The molecule has 1 aliphatic rings. The number of anilines is 1. The van der Waals surface area contributed by atoms with Crippen molar-refractivity contribution >= 4 is 22.9 Å². The lowest BCUT2D eigenvalue weighted by molar-refractivity contribution is -0.115. The van der Waals surface area contributed by atoms with E-state index < -0.39 is 0 Å². The van der Waals surface area contributed by atoms with Crippen LogP contribution in [0.15, 0.2) is 29.6 Å². The minimum absolute atomic E-state index is 0.0662. The first kappa shape index (κ1) is 15.9. The molecule has 25 heavy (non-hydrogen) atoms. The summed E-state index contributed by atoms with van der Waals surface area (Å²) in [6.45, 7) is 2.06. The summed E-state index contributed by atoms with van der Waals surface area (Å²) < 4.78 is 1.88. The molecule has 2 heterocycles. The number of aromatic nitrogens is 5. The zero-order chi connectivity index (χ0) is 17.2. The molecule has 0 bridgehead atoms. The molecule has 1 amide bonds. The van der Waals surface area contributed by atoms with Gasteiger partial charge in [0, 0.05) is 16.6 Å². The Kier molecular flexibility index (Phi) is 4.27. The standard InChI is InChI=1S/C17H18N6OS/c1-2-16-19-13(10-25-16)9-15(24)18-12-5-3-11(4-6-12)17-20-21-22-23(17)14-7-8-14/h3-6,10,14H,2,7-9H2,1H3,(H,18,24). The molecule has 0 spiro atoms. The predicted octanol–water partition coefficient (Wildman–Crippen LogP) is 2.88. The Morgan fingerprint density at radius 2 is 2.12 bits per heavy atom. The van der Waals surface area contributed by atoms with E-state index >= 15 is 0 Å². The first-order chi connectivity index (χ1) is 12.2. The van der Waals surface area contributed by atoms with Crippen LogP contribution in [0.2, 0.25) is 0 Å². The highest BCUT2D eigenvalue weighted by molar-refractivity contribution is 7.09. The van der Waals surface area contributed by atoms with E-state index in [1.54, 1.807) is 11.3 Å². The van der Waals surface area contributed by atoms with Crippen molar-refractivity contribution in [2.75, 3.05) is 5.32 Å². The monoisotopic (exact) mass is 354 g/mol. The van der Waals surface area contributed by atoms with Gasteiger partial charge in [0.15, 0.2) is 5.82 Å². The molecule has 1 fully saturated rings. The van der Waals surface area contributed by atoms with E-state index in [0.29, 0.717) is 6.04 Å². The third kappa shape index (κ3) is 3.58. The Bertz CT molecular complexity index is 881. The Morgan fingerprint density at radius 1 is 1.32 bits per heavy atom. The van der Waals surface area contributed by atoms with Crippen LogP contribution in [-0.2, 0) is 17.6 Å². The average molecular weight is 354 g/mol. The number of tetrazole rings is 1. The molecule has 0 aliphatic heterocycles. The van der Waals surface area contributed by atoms with Gasteiger partial charge in [-0.3, -0.25) is 4.79 Å². The Labute approximate surface area is 149 Å². The number of carbonyl (C=O) groups excluding carboxylic acids is 1. The van der Waals surface area contributed by atoms with E-state index in [1.165, 1.54) is 0 Å². The smallest absolute Gasteiger partial charge is 0.230 e. The molecule has 0 saturated heterocycles. The van der Waals surface area contributed by atoms with Crippen LogP contribution >= 0.6 is 11.3 Å². The van der Waals surface area contributed by atoms with Crippen LogP contribution in [0.4, 0.5) is 5.69 Å². The van der Waals surface area contributed by atoms with Gasteiger partial charge in [0.25, 0.3) is 0 Å². The topological polar surface area (TPSA) is 85.6 Å². The second-order valence-electron chi connectivity index (χ2n) is 6.07. The Balaban J connectivity index is 1.41. The largest absolute Gasteiger partial charge is 0.326 e. The van der Waals surface area contributed by atoms with Crippen LogP contribution < -0.4 is 5.32 Å². The van der Waals surface area contributed by atoms with Crippen LogP contribution in [0.1, 0.15) is 36.5 Å². The number of nitrogens with zero attached hydrogens (tertiary/aromatic N) is 5. The van der Waals surface area contributed by atoms with Gasteiger partial charge in [-0.05, 0) is 54.0 Å². The number of nitrogens with one attached hydrogen (secondary N) is 1. The van der Waals surface area contributed by atoms with E-state index in [9.17, 15) is 4.79 Å². The lowest BCUT2D eigenvalue weighted by Crippen LogP contribution is -2.14. The molecule has 8 heteroatoms. The van der Waals surface area contributed by atoms with Crippen molar-refractivity contribution in [3.05, 3.63) is 40.3 Å². The zero-order valence-corrected chi connectivity index (χ0v) is 14.7. The highest BCUT2D eigenvalue weighted by Crippen LogP contribution is 2.36. The van der Waals surface area contributed by atoms with Crippen molar-refractivity contribution in [2.24, 2.45) is 0 Å². The highest BCUT2D eigenvalue weighted by atomic mass is 32.1. The van der Waals surface area contributed by atoms with Crippen LogP contribution in [0.25, 0.3) is 11.4 Å². The third-order valence-electron chi connectivity index (χ3n) is 4.06. The number of aryl methyl sites for hydroxylation is 1. The highest BCUT2D eigenvalue weighted by Gasteiger charge is 2.28. The molecule has 1 N–H and O–H groups in total. The van der Waals surface area contributed by atoms with E-state index in [0.717, 1.165) is 47.0 Å². The summed E-state index contributed by atoms with van der Waals surface area (Å²) in [7, 11) is 0. The summed E-state index contributed by atoms with van der Waals surface area (Å²) in [6.07, 6.45) is 3.44. The minimum atomic E-state index is -0.0662. The number of hydrogen-bond donors (Lipinski definition) is 1. The first-order valence-corrected chi connectivity index (χ1v) is 9.22. The van der Waals surface area contributed by atoms with Crippen molar-refractivity contribution in [3.8, 4) is 11.4 Å². The van der Waals surface area contributed by atoms with Gasteiger partial charge in [-0.1, -0.05) is 6.92 Å². The zero-order valence-electron chi connectivity index (χ0n) is 13.8. The van der Waals surface area contributed by atoms with E-state index in [1.807, 2.05) is 34.3 Å². The SMILES string of the molecule is CCc1nc(CC(=O)Nc2ccc(-c3nnnn3C3CC3)cc2)cs1. The number of carbonyl (C=O) groups is 1. The van der Waals surface area contributed by atoms with E-state index in [-0.39, 0.29) is 12.3 Å². The number of rotatable bonds is 6. The van der Waals surface area contributed by atoms with Crippen molar-refractivity contribution in [1.29, 1.82) is 0 Å². The average Bonchev–Trinajstić information content (AvgIpc) is 3.17. The van der Waals surface area contributed by atoms with Gasteiger partial charge < -0.3 is 5.32 Å². The van der Waals surface area contributed by atoms with Crippen molar-refractivity contribution in [3.63, 3.8) is 0 Å². The van der Waals surface area contributed by atoms with Crippen LogP contribution in [0.3, 0.4) is 0 Å². The van der Waals surface area contributed by atoms with Gasteiger partial charge in [0.05, 0.1) is 23.2 Å². The maximum absolute atomic E-state index is 12.2. The fourth-order valence-electron chi connectivity index (χ4n) is 2.61. The fourth-order valence-corrected chi connectivity index (χ4v) is 3.36. The molecule has 0 unspecified atom stereocenters. The molecule has 3 aromatic rings. The van der Waals surface area contributed by atoms with Crippen LogP contribution in [-0.4, -0.2) is 31.1 Å². The van der Waals surface area contributed by atoms with Crippen molar-refractivity contribution in [2.45, 2.75) is 38.6 Å². The molecule has 0 radical (unpaired) electrons. The molecule has 4 rings (SSSR count). The molecule has 128 valence electrons. The number of hydrogen-bond acceptors (Lipinski definition) is 6. The van der Waals surface area contributed by atoms with Gasteiger partial charge >= 0.3 is 0 Å². The van der Waals surface area contributed by atoms with E-state index in [2.05, 4.69) is 32.7 Å². The number of benzene rings is 1. The second-order valence-corrected chi connectivity index (χ2v) is 7.01. The van der Waals surface area contributed by atoms with Gasteiger partial charge in [-0.25, -0.2) is 9.67 Å². The molecule has 2 aromatic heterocycles. The summed E-state index contributed by atoms with van der Waals surface area (Å²) in [4.78, 5) is 16.6. The van der Waals surface area contributed by atoms with E-state index in [4.69, 9.17) is 0 Å². The maximum Gasteiger partial charge on any atom is 0.230 e. The normalized spacial score (nSPS) is 13.8. The number of amides is 1. The van der Waals surface area contributed by atoms with Gasteiger partial charge in [0.1, 0.15) is 0 Å². The first-order valence-electron chi connectivity index (χ1n) is 8.34. The summed E-state index contributed by atoms with van der Waals surface area (Å²) in [5.74, 6) is 0.707. The third-order valence-corrected chi connectivity index (χ3v) is 5.10. The summed E-state index contributed by atoms with van der Waals surface area (Å²) in [5, 5.41) is 17.9. The van der Waals surface area contributed by atoms with Crippen molar-refractivity contribution < 1.29 is 4.79 Å². The summed E-state index contributed by atoms with van der Waals surface area (Å²) in [6, 6.07) is 8.03. The molecule has 1 saturated carbocycles. The van der Waals surface area contributed by atoms with Gasteiger partial charge in [-0.15, -0.1) is 16.4 Å². The predicted molar refractivity (Wildman–Crippen MR) is 95.3 cm³/mol. The summed E-state index contributed by atoms with van der Waals surface area (Å²) in [5.41, 5.74) is 2.52. The molecule has 0 atom stereocenters. The quantitative estimate of drug-likeness (QED) is 0.736. The van der Waals surface area contributed by atoms with Crippen molar-refractivity contribution in [1.82, 2.24) is 25.2 Å². The number of thiazole rings is 1. The van der Waals surface area contributed by atoms with Gasteiger partial charge in [-0.2, -0.15) is 0 Å². The molecule has 1 aromatic carbocycles.